The Morgan fingerprint density at radius 2 is 2.00 bits per heavy atom. The summed E-state index contributed by atoms with van der Waals surface area (Å²) in [5, 5.41) is 1.02. The van der Waals surface area contributed by atoms with Gasteiger partial charge in [-0.3, -0.25) is 4.79 Å². The zero-order chi connectivity index (χ0) is 18.5. The molecular formula is C19H22ClN3O2S. The first kappa shape index (κ1) is 19.0. The predicted octanol–water partition coefficient (Wildman–Crippen LogP) is 3.85. The van der Waals surface area contributed by atoms with Crippen molar-refractivity contribution < 1.29 is 9.53 Å². The number of hydrogen-bond donors (Lipinski definition) is 0. The van der Waals surface area contributed by atoms with Crippen LogP contribution in [0, 0.1) is 0 Å². The molecule has 1 aromatic heterocycles. The highest BCUT2D eigenvalue weighted by Crippen LogP contribution is 2.23. The lowest BCUT2D eigenvalue weighted by Gasteiger charge is -2.17. The third-order valence-corrected chi connectivity index (χ3v) is 5.23. The number of carbonyl (C=O) groups is 1. The van der Waals surface area contributed by atoms with Crippen molar-refractivity contribution in [2.75, 3.05) is 13.1 Å². The Kier molecular flexibility index (Phi) is 6.38. The number of benzene rings is 1. The maximum Gasteiger partial charge on any atom is 0.316 e. The Morgan fingerprint density at radius 1 is 1.31 bits per heavy atom. The van der Waals surface area contributed by atoms with Crippen molar-refractivity contribution in [1.29, 1.82) is 0 Å². The lowest BCUT2D eigenvalue weighted by Crippen LogP contribution is -2.32. The van der Waals surface area contributed by atoms with Gasteiger partial charge in [-0.15, -0.1) is 11.8 Å². The van der Waals surface area contributed by atoms with Gasteiger partial charge in [0.1, 0.15) is 6.10 Å². The maximum absolute atomic E-state index is 12.5. The zero-order valence-electron chi connectivity index (χ0n) is 14.9. The Balaban J connectivity index is 1.50. The van der Waals surface area contributed by atoms with Gasteiger partial charge in [0.15, 0.2) is 0 Å². The highest BCUT2D eigenvalue weighted by atomic mass is 35.5. The average molecular weight is 392 g/mol. The fraction of sp³-hybridized carbons (Fsp3) is 0.421. The molecule has 5 nitrogen and oxygen atoms in total. The number of carbonyl (C=O) groups excluding carboxylic acids is 1. The number of likely N-dealkylation sites (tertiary alicyclic amines) is 1. The standard InChI is InChI=1S/C19H22ClN3O2S/c1-13(2)26-17-5-3-14(4-6-17)9-18(24)23-8-7-16(12-23)25-19-21-10-15(20)11-22-19/h3-6,10-11,13,16H,7-9,12H2,1-2H3/t16-/m1/s1. The van der Waals surface area contributed by atoms with Gasteiger partial charge in [0.2, 0.25) is 5.91 Å². The summed E-state index contributed by atoms with van der Waals surface area (Å²) < 4.78 is 5.74. The number of hydrogen-bond acceptors (Lipinski definition) is 5. The van der Waals surface area contributed by atoms with Gasteiger partial charge >= 0.3 is 6.01 Å². The molecule has 1 amide bonds. The van der Waals surface area contributed by atoms with Crippen molar-refractivity contribution >= 4 is 29.3 Å². The molecular weight excluding hydrogens is 370 g/mol. The molecule has 0 bridgehead atoms. The van der Waals surface area contributed by atoms with E-state index in [2.05, 4.69) is 35.9 Å². The van der Waals surface area contributed by atoms with Crippen molar-refractivity contribution in [3.05, 3.63) is 47.2 Å². The van der Waals surface area contributed by atoms with Gasteiger partial charge in [-0.2, -0.15) is 0 Å². The molecule has 0 N–H and O–H groups in total. The van der Waals surface area contributed by atoms with E-state index in [1.807, 2.05) is 28.8 Å². The van der Waals surface area contributed by atoms with Crippen LogP contribution in [-0.2, 0) is 11.2 Å². The molecule has 1 aliphatic heterocycles. The Bertz CT molecular complexity index is 737. The van der Waals surface area contributed by atoms with Crippen LogP contribution in [0.1, 0.15) is 25.8 Å². The monoisotopic (exact) mass is 391 g/mol. The Morgan fingerprint density at radius 3 is 2.65 bits per heavy atom. The molecule has 0 saturated carbocycles. The topological polar surface area (TPSA) is 55.3 Å². The molecule has 1 aromatic carbocycles. The van der Waals surface area contributed by atoms with Gasteiger partial charge in [-0.25, -0.2) is 9.97 Å². The lowest BCUT2D eigenvalue weighted by atomic mass is 10.1. The number of halogens is 1. The molecule has 1 aliphatic rings. The second-order valence-electron chi connectivity index (χ2n) is 6.54. The minimum atomic E-state index is -0.0788. The normalized spacial score (nSPS) is 16.9. The van der Waals surface area contributed by atoms with Crippen LogP contribution >= 0.6 is 23.4 Å². The minimum absolute atomic E-state index is 0.0788. The molecule has 0 radical (unpaired) electrons. The predicted molar refractivity (Wildman–Crippen MR) is 104 cm³/mol. The zero-order valence-corrected chi connectivity index (χ0v) is 16.5. The fourth-order valence-corrected chi connectivity index (χ4v) is 3.74. The summed E-state index contributed by atoms with van der Waals surface area (Å²) in [7, 11) is 0. The molecule has 138 valence electrons. The summed E-state index contributed by atoms with van der Waals surface area (Å²) in [4.78, 5) is 23.7. The van der Waals surface area contributed by atoms with E-state index in [1.165, 1.54) is 17.3 Å². The highest BCUT2D eigenvalue weighted by molar-refractivity contribution is 7.99. The van der Waals surface area contributed by atoms with Gasteiger partial charge in [0, 0.05) is 23.1 Å². The first-order valence-electron chi connectivity index (χ1n) is 8.67. The molecule has 1 fully saturated rings. The van der Waals surface area contributed by atoms with Crippen LogP contribution in [0.2, 0.25) is 5.02 Å². The third-order valence-electron chi connectivity index (χ3n) is 4.02. The molecule has 0 aliphatic carbocycles. The van der Waals surface area contributed by atoms with Crippen LogP contribution in [0.3, 0.4) is 0 Å². The minimum Gasteiger partial charge on any atom is -0.458 e. The van der Waals surface area contributed by atoms with E-state index in [-0.39, 0.29) is 12.0 Å². The van der Waals surface area contributed by atoms with E-state index >= 15 is 0 Å². The van der Waals surface area contributed by atoms with Crippen LogP contribution in [0.15, 0.2) is 41.6 Å². The number of nitrogens with zero attached hydrogens (tertiary/aromatic N) is 3. The Hall–Kier alpha value is -1.79. The second kappa shape index (κ2) is 8.73. The van der Waals surface area contributed by atoms with Crippen LogP contribution in [0.4, 0.5) is 0 Å². The fourth-order valence-electron chi connectivity index (χ4n) is 2.81. The van der Waals surface area contributed by atoms with E-state index in [9.17, 15) is 4.79 Å². The van der Waals surface area contributed by atoms with Crippen molar-refractivity contribution in [2.24, 2.45) is 0 Å². The molecule has 1 saturated heterocycles. The van der Waals surface area contributed by atoms with E-state index < -0.39 is 0 Å². The number of amides is 1. The first-order chi connectivity index (χ1) is 12.5. The van der Waals surface area contributed by atoms with Gasteiger partial charge < -0.3 is 9.64 Å². The Labute approximate surface area is 163 Å². The average Bonchev–Trinajstić information content (AvgIpc) is 3.07. The van der Waals surface area contributed by atoms with Crippen molar-refractivity contribution in [3.8, 4) is 6.01 Å². The quantitative estimate of drug-likeness (QED) is 0.700. The van der Waals surface area contributed by atoms with Crippen molar-refractivity contribution in [3.63, 3.8) is 0 Å². The summed E-state index contributed by atoms with van der Waals surface area (Å²) in [5.41, 5.74) is 1.04. The van der Waals surface area contributed by atoms with Crippen LogP contribution < -0.4 is 4.74 Å². The number of ether oxygens (including phenoxy) is 1. The number of rotatable bonds is 6. The smallest absolute Gasteiger partial charge is 0.316 e. The molecule has 3 rings (SSSR count). The first-order valence-corrected chi connectivity index (χ1v) is 9.93. The SMILES string of the molecule is CC(C)Sc1ccc(CC(=O)N2CC[C@@H](Oc3ncc(Cl)cn3)C2)cc1. The van der Waals surface area contributed by atoms with Gasteiger partial charge in [-0.1, -0.05) is 37.6 Å². The molecule has 26 heavy (non-hydrogen) atoms. The van der Waals surface area contributed by atoms with Crippen LogP contribution in [-0.4, -0.2) is 45.2 Å². The highest BCUT2D eigenvalue weighted by Gasteiger charge is 2.28. The third kappa shape index (κ3) is 5.35. The maximum atomic E-state index is 12.5. The summed E-state index contributed by atoms with van der Waals surface area (Å²) in [6.45, 7) is 5.59. The molecule has 2 aromatic rings. The van der Waals surface area contributed by atoms with Crippen molar-refractivity contribution in [1.82, 2.24) is 14.9 Å². The lowest BCUT2D eigenvalue weighted by molar-refractivity contribution is -0.129. The van der Waals surface area contributed by atoms with Gasteiger partial charge in [0.25, 0.3) is 0 Å². The van der Waals surface area contributed by atoms with Crippen LogP contribution in [0.5, 0.6) is 6.01 Å². The summed E-state index contributed by atoms with van der Waals surface area (Å²) in [5.74, 6) is 0.123. The molecule has 7 heteroatoms. The molecule has 0 unspecified atom stereocenters. The summed E-state index contributed by atoms with van der Waals surface area (Å²) in [6.07, 6.45) is 4.12. The van der Waals surface area contributed by atoms with E-state index in [1.54, 1.807) is 0 Å². The number of thioether (sulfide) groups is 1. The van der Waals surface area contributed by atoms with E-state index in [0.29, 0.717) is 35.8 Å². The van der Waals surface area contributed by atoms with Gasteiger partial charge in [-0.05, 0) is 17.7 Å². The van der Waals surface area contributed by atoms with E-state index in [4.69, 9.17) is 16.3 Å². The number of aromatic nitrogens is 2. The summed E-state index contributed by atoms with van der Waals surface area (Å²) in [6, 6.07) is 8.54. The van der Waals surface area contributed by atoms with Gasteiger partial charge in [0.05, 0.1) is 30.4 Å². The van der Waals surface area contributed by atoms with E-state index in [0.717, 1.165) is 12.0 Å². The molecule has 0 spiro atoms. The summed E-state index contributed by atoms with van der Waals surface area (Å²) >= 11 is 7.59. The van der Waals surface area contributed by atoms with Crippen LogP contribution in [0.25, 0.3) is 0 Å². The largest absolute Gasteiger partial charge is 0.458 e. The molecule has 1 atom stereocenters. The molecule has 2 heterocycles. The van der Waals surface area contributed by atoms with Crippen molar-refractivity contribution in [2.45, 2.75) is 42.9 Å². The second-order valence-corrected chi connectivity index (χ2v) is 8.63.